The van der Waals surface area contributed by atoms with Crippen LogP contribution in [0.1, 0.15) is 37.0 Å². The zero-order valence-corrected chi connectivity index (χ0v) is 18.1. The van der Waals surface area contributed by atoms with Gasteiger partial charge in [0.25, 0.3) is 5.91 Å². The highest BCUT2D eigenvalue weighted by atomic mass is 19.1. The molecule has 1 saturated carbocycles. The van der Waals surface area contributed by atoms with Crippen LogP contribution >= 0.6 is 0 Å². The molecule has 2 fully saturated rings. The Hall–Kier alpha value is -1.54. The number of β-amino-alcohol motifs (C(OH)–C–C–N with tert-alkyl or cyclic N) is 1. The van der Waals surface area contributed by atoms with E-state index in [4.69, 9.17) is 9.47 Å². The maximum atomic E-state index is 13.2. The van der Waals surface area contributed by atoms with E-state index in [1.165, 1.54) is 12.1 Å². The van der Waals surface area contributed by atoms with Crippen molar-refractivity contribution in [2.45, 2.75) is 38.9 Å². The van der Waals surface area contributed by atoms with E-state index in [1.54, 1.807) is 12.1 Å². The van der Waals surface area contributed by atoms with E-state index in [9.17, 15) is 14.3 Å². The molecule has 1 N–H and O–H groups in total. The maximum Gasteiger partial charge on any atom is 0.253 e. The zero-order chi connectivity index (χ0) is 21.5. The first kappa shape index (κ1) is 23.1. The van der Waals surface area contributed by atoms with E-state index in [2.05, 4.69) is 18.7 Å². The fourth-order valence-electron chi connectivity index (χ4n) is 3.72. The SMILES string of the molecule is CC(C)COCC(O)CN1CCOC(CN(CC2CC2)C(=O)c2ccc(F)cc2)C1. The first-order valence-electron chi connectivity index (χ1n) is 11.0. The summed E-state index contributed by atoms with van der Waals surface area (Å²) in [5.41, 5.74) is 0.502. The molecule has 168 valence electrons. The van der Waals surface area contributed by atoms with Crippen LogP contribution in [-0.2, 0) is 9.47 Å². The van der Waals surface area contributed by atoms with Crippen LogP contribution in [0.2, 0.25) is 0 Å². The van der Waals surface area contributed by atoms with Crippen LogP contribution in [0, 0.1) is 17.7 Å². The predicted molar refractivity (Wildman–Crippen MR) is 113 cm³/mol. The predicted octanol–water partition coefficient (Wildman–Crippen LogP) is 2.41. The first-order chi connectivity index (χ1) is 14.4. The van der Waals surface area contributed by atoms with Crippen LogP contribution in [0.5, 0.6) is 0 Å². The molecule has 6 nitrogen and oxygen atoms in total. The molecule has 1 aliphatic carbocycles. The lowest BCUT2D eigenvalue weighted by Gasteiger charge is -2.36. The average molecular weight is 423 g/mol. The van der Waals surface area contributed by atoms with Gasteiger partial charge in [0.1, 0.15) is 5.82 Å². The Bertz CT molecular complexity index is 666. The molecule has 1 aromatic rings. The van der Waals surface area contributed by atoms with Crippen molar-refractivity contribution in [1.29, 1.82) is 0 Å². The summed E-state index contributed by atoms with van der Waals surface area (Å²) >= 11 is 0. The van der Waals surface area contributed by atoms with Gasteiger partial charge >= 0.3 is 0 Å². The molecule has 2 unspecified atom stereocenters. The molecule has 0 spiro atoms. The summed E-state index contributed by atoms with van der Waals surface area (Å²) in [5.74, 6) is 0.572. The topological polar surface area (TPSA) is 62.2 Å². The summed E-state index contributed by atoms with van der Waals surface area (Å²) in [5, 5.41) is 10.3. The van der Waals surface area contributed by atoms with Crippen molar-refractivity contribution in [1.82, 2.24) is 9.80 Å². The number of ether oxygens (including phenoxy) is 2. The molecule has 7 heteroatoms. The number of nitrogens with zero attached hydrogens (tertiary/aromatic N) is 2. The van der Waals surface area contributed by atoms with Crippen LogP contribution in [0.25, 0.3) is 0 Å². The van der Waals surface area contributed by atoms with Gasteiger partial charge in [0.2, 0.25) is 0 Å². The van der Waals surface area contributed by atoms with E-state index in [-0.39, 0.29) is 17.8 Å². The Morgan fingerprint density at radius 3 is 2.67 bits per heavy atom. The molecule has 3 rings (SSSR count). The van der Waals surface area contributed by atoms with Crippen molar-refractivity contribution in [2.24, 2.45) is 11.8 Å². The minimum Gasteiger partial charge on any atom is -0.389 e. The second-order valence-electron chi connectivity index (χ2n) is 9.00. The normalized spacial score (nSPS) is 21.0. The average Bonchev–Trinajstić information content (AvgIpc) is 3.51. The number of hydrogen-bond donors (Lipinski definition) is 1. The molecule has 1 aliphatic heterocycles. The quantitative estimate of drug-likeness (QED) is 0.593. The van der Waals surface area contributed by atoms with Crippen LogP contribution in [0.15, 0.2) is 24.3 Å². The largest absolute Gasteiger partial charge is 0.389 e. The molecule has 2 atom stereocenters. The van der Waals surface area contributed by atoms with Gasteiger partial charge in [0.15, 0.2) is 0 Å². The summed E-state index contributed by atoms with van der Waals surface area (Å²) in [6, 6.07) is 5.73. The fraction of sp³-hybridized carbons (Fsp3) is 0.696. The molecule has 2 aliphatic rings. The molecular weight excluding hydrogens is 387 g/mol. The van der Waals surface area contributed by atoms with Crippen LogP contribution in [0.4, 0.5) is 4.39 Å². The number of aliphatic hydroxyl groups is 1. The van der Waals surface area contributed by atoms with Gasteiger partial charge in [-0.1, -0.05) is 13.8 Å². The van der Waals surface area contributed by atoms with Crippen molar-refractivity contribution in [3.05, 3.63) is 35.6 Å². The highest BCUT2D eigenvalue weighted by Crippen LogP contribution is 2.30. The monoisotopic (exact) mass is 422 g/mol. The highest BCUT2D eigenvalue weighted by Gasteiger charge is 2.31. The van der Waals surface area contributed by atoms with Gasteiger partial charge in [0, 0.05) is 44.9 Å². The van der Waals surface area contributed by atoms with Crippen LogP contribution < -0.4 is 0 Å². The lowest BCUT2D eigenvalue weighted by molar-refractivity contribution is -0.0599. The summed E-state index contributed by atoms with van der Waals surface area (Å²) < 4.78 is 24.7. The number of amides is 1. The van der Waals surface area contributed by atoms with Gasteiger partial charge in [-0.2, -0.15) is 0 Å². The van der Waals surface area contributed by atoms with Gasteiger partial charge in [0.05, 0.1) is 25.4 Å². The molecule has 0 bridgehead atoms. The second kappa shape index (κ2) is 11.2. The summed E-state index contributed by atoms with van der Waals surface area (Å²) in [6.45, 7) is 8.88. The van der Waals surface area contributed by atoms with Crippen LogP contribution in [-0.4, -0.2) is 85.6 Å². The minimum absolute atomic E-state index is 0.0789. The molecule has 1 saturated heterocycles. The third-order valence-electron chi connectivity index (χ3n) is 5.43. The number of aliphatic hydroxyl groups excluding tert-OH is 1. The van der Waals surface area contributed by atoms with Gasteiger partial charge in [-0.3, -0.25) is 9.69 Å². The van der Waals surface area contributed by atoms with Crippen molar-refractivity contribution >= 4 is 5.91 Å². The van der Waals surface area contributed by atoms with Gasteiger partial charge in [-0.15, -0.1) is 0 Å². The second-order valence-corrected chi connectivity index (χ2v) is 9.00. The summed E-state index contributed by atoms with van der Waals surface area (Å²) in [6.07, 6.45) is 1.65. The van der Waals surface area contributed by atoms with E-state index in [1.807, 2.05) is 4.90 Å². The Morgan fingerprint density at radius 1 is 1.27 bits per heavy atom. The third kappa shape index (κ3) is 7.61. The fourth-order valence-corrected chi connectivity index (χ4v) is 3.72. The molecule has 0 radical (unpaired) electrons. The molecule has 1 heterocycles. The zero-order valence-electron chi connectivity index (χ0n) is 18.1. The number of carbonyl (C=O) groups excluding carboxylic acids is 1. The number of hydrogen-bond acceptors (Lipinski definition) is 5. The van der Waals surface area contributed by atoms with Gasteiger partial charge in [-0.25, -0.2) is 4.39 Å². The van der Waals surface area contributed by atoms with Crippen molar-refractivity contribution in [3.63, 3.8) is 0 Å². The molecule has 1 aromatic carbocycles. The molecular formula is C23H35FN2O4. The number of morpholine rings is 1. The smallest absolute Gasteiger partial charge is 0.253 e. The molecule has 30 heavy (non-hydrogen) atoms. The first-order valence-corrected chi connectivity index (χ1v) is 11.0. The number of carbonyl (C=O) groups is 1. The summed E-state index contributed by atoms with van der Waals surface area (Å²) in [4.78, 5) is 17.0. The standard InChI is InChI=1S/C23H35FN2O4/c1-17(2)15-29-16-21(27)12-25-9-10-30-22(13-25)14-26(11-18-3-4-18)23(28)19-5-7-20(24)8-6-19/h5-8,17-18,21-22,27H,3-4,9-16H2,1-2H3. The van der Waals surface area contributed by atoms with Crippen LogP contribution in [0.3, 0.4) is 0 Å². The number of halogens is 1. The maximum absolute atomic E-state index is 13.2. The Morgan fingerprint density at radius 2 is 2.00 bits per heavy atom. The van der Waals surface area contributed by atoms with Crippen molar-refractivity contribution < 1.29 is 23.8 Å². The minimum atomic E-state index is -0.536. The number of benzene rings is 1. The van der Waals surface area contributed by atoms with E-state index < -0.39 is 6.10 Å². The highest BCUT2D eigenvalue weighted by molar-refractivity contribution is 5.94. The van der Waals surface area contributed by atoms with Gasteiger partial charge < -0.3 is 19.5 Å². The van der Waals surface area contributed by atoms with Crippen molar-refractivity contribution in [2.75, 3.05) is 52.5 Å². The van der Waals surface area contributed by atoms with E-state index >= 15 is 0 Å². The molecule has 1 amide bonds. The van der Waals surface area contributed by atoms with Crippen molar-refractivity contribution in [3.8, 4) is 0 Å². The lowest BCUT2D eigenvalue weighted by Crippen LogP contribution is -2.51. The summed E-state index contributed by atoms with van der Waals surface area (Å²) in [7, 11) is 0. The Labute approximate surface area is 178 Å². The van der Waals surface area contributed by atoms with E-state index in [0.717, 1.165) is 19.4 Å². The lowest BCUT2D eigenvalue weighted by atomic mass is 10.1. The van der Waals surface area contributed by atoms with E-state index in [0.29, 0.717) is 63.4 Å². The Balaban J connectivity index is 1.52. The Kier molecular flexibility index (Phi) is 8.62. The van der Waals surface area contributed by atoms with Gasteiger partial charge in [-0.05, 0) is 48.9 Å². The molecule has 0 aromatic heterocycles. The third-order valence-corrected chi connectivity index (χ3v) is 5.43. The number of rotatable bonds is 11.